The Kier molecular flexibility index (Phi) is 4.60. The SMILES string of the molecule is NNC(Cc1cnccc1N)Cc1ccc(F)cc1F. The molecule has 0 radical (unpaired) electrons. The maximum absolute atomic E-state index is 13.6. The van der Waals surface area contributed by atoms with Gasteiger partial charge in [0.1, 0.15) is 11.6 Å². The molecule has 0 aliphatic heterocycles. The number of pyridine rings is 1. The van der Waals surface area contributed by atoms with Crippen LogP contribution in [0.2, 0.25) is 0 Å². The summed E-state index contributed by atoms with van der Waals surface area (Å²) < 4.78 is 26.5. The van der Waals surface area contributed by atoms with Crippen LogP contribution in [0.4, 0.5) is 14.5 Å². The van der Waals surface area contributed by atoms with Crippen LogP contribution in [0.5, 0.6) is 0 Å². The molecule has 1 heterocycles. The maximum Gasteiger partial charge on any atom is 0.129 e. The van der Waals surface area contributed by atoms with Gasteiger partial charge in [-0.2, -0.15) is 0 Å². The van der Waals surface area contributed by atoms with Crippen LogP contribution in [0, 0.1) is 11.6 Å². The number of nitrogens with two attached hydrogens (primary N) is 2. The van der Waals surface area contributed by atoms with E-state index in [0.29, 0.717) is 24.1 Å². The van der Waals surface area contributed by atoms with E-state index in [4.69, 9.17) is 11.6 Å². The zero-order chi connectivity index (χ0) is 14.5. The molecule has 0 amide bonds. The van der Waals surface area contributed by atoms with Crippen molar-refractivity contribution in [2.45, 2.75) is 18.9 Å². The van der Waals surface area contributed by atoms with Crippen LogP contribution >= 0.6 is 0 Å². The predicted octanol–water partition coefficient (Wildman–Crippen LogP) is 1.56. The smallest absolute Gasteiger partial charge is 0.129 e. The quantitative estimate of drug-likeness (QED) is 0.573. The third-order valence-corrected chi connectivity index (χ3v) is 3.12. The molecule has 0 fully saturated rings. The molecule has 106 valence electrons. The molecule has 6 heteroatoms. The van der Waals surface area contributed by atoms with Crippen molar-refractivity contribution < 1.29 is 8.78 Å². The molecular weight excluding hydrogens is 262 g/mol. The molecule has 0 bridgehead atoms. The molecule has 4 nitrogen and oxygen atoms in total. The predicted molar refractivity (Wildman–Crippen MR) is 73.5 cm³/mol. The Hall–Kier alpha value is -2.05. The lowest BCUT2D eigenvalue weighted by Gasteiger charge is -2.17. The first kappa shape index (κ1) is 14.4. The van der Waals surface area contributed by atoms with Crippen LogP contribution < -0.4 is 17.0 Å². The highest BCUT2D eigenvalue weighted by molar-refractivity contribution is 5.44. The van der Waals surface area contributed by atoms with Crippen molar-refractivity contribution in [2.75, 3.05) is 5.73 Å². The zero-order valence-corrected chi connectivity index (χ0v) is 10.8. The van der Waals surface area contributed by atoms with E-state index in [2.05, 4.69) is 10.4 Å². The first-order valence-electron chi connectivity index (χ1n) is 6.18. The second-order valence-electron chi connectivity index (χ2n) is 4.58. The van der Waals surface area contributed by atoms with Gasteiger partial charge in [-0.1, -0.05) is 6.07 Å². The summed E-state index contributed by atoms with van der Waals surface area (Å²) in [6.45, 7) is 0. The molecule has 2 rings (SSSR count). The molecule has 0 spiro atoms. The van der Waals surface area contributed by atoms with Gasteiger partial charge >= 0.3 is 0 Å². The Morgan fingerprint density at radius 1 is 1.15 bits per heavy atom. The minimum absolute atomic E-state index is 0.221. The third-order valence-electron chi connectivity index (χ3n) is 3.12. The van der Waals surface area contributed by atoms with E-state index in [9.17, 15) is 8.78 Å². The van der Waals surface area contributed by atoms with Crippen LogP contribution in [0.25, 0.3) is 0 Å². The Labute approximate surface area is 115 Å². The molecule has 5 N–H and O–H groups in total. The van der Waals surface area contributed by atoms with E-state index in [1.54, 1.807) is 18.5 Å². The van der Waals surface area contributed by atoms with Gasteiger partial charge in [0, 0.05) is 30.2 Å². The minimum Gasteiger partial charge on any atom is -0.398 e. The zero-order valence-electron chi connectivity index (χ0n) is 10.8. The lowest BCUT2D eigenvalue weighted by atomic mass is 9.99. The summed E-state index contributed by atoms with van der Waals surface area (Å²) in [6, 6.07) is 4.98. The molecule has 1 aromatic heterocycles. The lowest BCUT2D eigenvalue weighted by Crippen LogP contribution is -2.38. The standard InChI is InChI=1S/C14H16F2N4/c15-11-2-1-9(13(16)7-11)5-12(20-18)6-10-8-19-4-3-14(10)17/h1-4,7-8,12,20H,5-6,18H2,(H2,17,19). The second-order valence-corrected chi connectivity index (χ2v) is 4.58. The number of nitrogens with zero attached hydrogens (tertiary/aromatic N) is 1. The third kappa shape index (κ3) is 3.49. The fourth-order valence-corrected chi connectivity index (χ4v) is 2.02. The topological polar surface area (TPSA) is 77.0 Å². The van der Waals surface area contributed by atoms with E-state index < -0.39 is 11.6 Å². The van der Waals surface area contributed by atoms with Crippen LogP contribution in [0.3, 0.4) is 0 Å². The van der Waals surface area contributed by atoms with Gasteiger partial charge in [0.2, 0.25) is 0 Å². The summed E-state index contributed by atoms with van der Waals surface area (Å²) in [5, 5.41) is 0. The first-order valence-corrected chi connectivity index (χ1v) is 6.18. The van der Waals surface area contributed by atoms with Crippen molar-refractivity contribution in [3.05, 3.63) is 59.4 Å². The van der Waals surface area contributed by atoms with E-state index in [0.717, 1.165) is 11.6 Å². The number of aromatic nitrogens is 1. The van der Waals surface area contributed by atoms with Gasteiger partial charge in [0.25, 0.3) is 0 Å². The van der Waals surface area contributed by atoms with Gasteiger partial charge in [0.15, 0.2) is 0 Å². The van der Waals surface area contributed by atoms with Crippen molar-refractivity contribution in [3.8, 4) is 0 Å². The Balaban J connectivity index is 2.11. The highest BCUT2D eigenvalue weighted by Gasteiger charge is 2.14. The number of nitrogen functional groups attached to an aromatic ring is 1. The van der Waals surface area contributed by atoms with Gasteiger partial charge in [-0.05, 0) is 36.1 Å². The van der Waals surface area contributed by atoms with Crippen LogP contribution in [0.15, 0.2) is 36.7 Å². The number of halogens is 2. The largest absolute Gasteiger partial charge is 0.398 e. The summed E-state index contributed by atoms with van der Waals surface area (Å²) in [4.78, 5) is 4.00. The van der Waals surface area contributed by atoms with Gasteiger partial charge in [-0.3, -0.25) is 16.3 Å². The summed E-state index contributed by atoms with van der Waals surface area (Å²) in [7, 11) is 0. The Morgan fingerprint density at radius 3 is 2.55 bits per heavy atom. The number of benzene rings is 1. The number of hydrogen-bond acceptors (Lipinski definition) is 4. The number of hydrazine groups is 1. The van der Waals surface area contributed by atoms with E-state index in [-0.39, 0.29) is 6.04 Å². The molecule has 2 aromatic rings. The number of hydrogen-bond donors (Lipinski definition) is 3. The molecular formula is C14H16F2N4. The van der Waals surface area contributed by atoms with Crippen molar-refractivity contribution in [3.63, 3.8) is 0 Å². The summed E-state index contributed by atoms with van der Waals surface area (Å²) in [6.07, 6.45) is 4.09. The molecule has 1 aromatic carbocycles. The number of rotatable bonds is 5. The minimum atomic E-state index is -0.597. The van der Waals surface area contributed by atoms with Crippen molar-refractivity contribution in [1.82, 2.24) is 10.4 Å². The monoisotopic (exact) mass is 278 g/mol. The molecule has 1 unspecified atom stereocenters. The maximum atomic E-state index is 13.6. The van der Waals surface area contributed by atoms with E-state index in [1.807, 2.05) is 0 Å². The molecule has 0 aliphatic rings. The van der Waals surface area contributed by atoms with Crippen molar-refractivity contribution >= 4 is 5.69 Å². The summed E-state index contributed by atoms with van der Waals surface area (Å²) >= 11 is 0. The Bertz CT molecular complexity index is 589. The molecule has 1 atom stereocenters. The average Bonchev–Trinajstić information content (AvgIpc) is 2.43. The van der Waals surface area contributed by atoms with E-state index in [1.165, 1.54) is 12.1 Å². The lowest BCUT2D eigenvalue weighted by molar-refractivity contribution is 0.502. The van der Waals surface area contributed by atoms with Crippen LogP contribution in [-0.2, 0) is 12.8 Å². The molecule has 0 saturated carbocycles. The molecule has 0 aliphatic carbocycles. The fourth-order valence-electron chi connectivity index (χ4n) is 2.02. The first-order chi connectivity index (χ1) is 9.60. The van der Waals surface area contributed by atoms with Crippen molar-refractivity contribution in [2.24, 2.45) is 5.84 Å². The van der Waals surface area contributed by atoms with Crippen LogP contribution in [-0.4, -0.2) is 11.0 Å². The Morgan fingerprint density at radius 2 is 1.90 bits per heavy atom. The van der Waals surface area contributed by atoms with Gasteiger partial charge in [0.05, 0.1) is 0 Å². The van der Waals surface area contributed by atoms with Crippen molar-refractivity contribution in [1.29, 1.82) is 0 Å². The number of nitrogens with one attached hydrogen (secondary N) is 1. The normalized spacial score (nSPS) is 12.3. The highest BCUT2D eigenvalue weighted by Crippen LogP contribution is 2.16. The van der Waals surface area contributed by atoms with Gasteiger partial charge in [-0.25, -0.2) is 8.78 Å². The average molecular weight is 278 g/mol. The molecule has 20 heavy (non-hydrogen) atoms. The van der Waals surface area contributed by atoms with Crippen LogP contribution in [0.1, 0.15) is 11.1 Å². The highest BCUT2D eigenvalue weighted by atomic mass is 19.1. The second kappa shape index (κ2) is 6.40. The molecule has 0 saturated heterocycles. The van der Waals surface area contributed by atoms with Gasteiger partial charge in [-0.15, -0.1) is 0 Å². The summed E-state index contributed by atoms with van der Waals surface area (Å²) in [5.41, 5.74) is 10.3. The van der Waals surface area contributed by atoms with E-state index >= 15 is 0 Å². The summed E-state index contributed by atoms with van der Waals surface area (Å²) in [5.74, 6) is 4.31. The van der Waals surface area contributed by atoms with Gasteiger partial charge < -0.3 is 5.73 Å². The number of anilines is 1. The fraction of sp³-hybridized carbons (Fsp3) is 0.214.